The SMILES string of the molecule is COCC(N)C(=O)NC(Cc1ccccc1)c1ccccc1.Cl. The van der Waals surface area contributed by atoms with Crippen molar-refractivity contribution >= 4 is 18.3 Å². The van der Waals surface area contributed by atoms with Gasteiger partial charge in [0.1, 0.15) is 6.04 Å². The predicted octanol–water partition coefficient (Wildman–Crippen LogP) is 2.48. The summed E-state index contributed by atoms with van der Waals surface area (Å²) in [7, 11) is 1.53. The highest BCUT2D eigenvalue weighted by Gasteiger charge is 2.19. The summed E-state index contributed by atoms with van der Waals surface area (Å²) >= 11 is 0. The van der Waals surface area contributed by atoms with Gasteiger partial charge in [0.2, 0.25) is 5.91 Å². The number of benzene rings is 2. The Morgan fingerprint density at radius 2 is 1.65 bits per heavy atom. The number of methoxy groups -OCH3 is 1. The maximum atomic E-state index is 12.2. The van der Waals surface area contributed by atoms with E-state index < -0.39 is 6.04 Å². The van der Waals surface area contributed by atoms with Crippen LogP contribution in [0.1, 0.15) is 17.2 Å². The van der Waals surface area contributed by atoms with E-state index in [0.717, 1.165) is 17.5 Å². The normalized spacial score (nSPS) is 12.8. The van der Waals surface area contributed by atoms with E-state index in [2.05, 4.69) is 17.4 Å². The fourth-order valence-electron chi connectivity index (χ4n) is 2.32. The number of ether oxygens (including phenoxy) is 1. The third kappa shape index (κ3) is 6.02. The summed E-state index contributed by atoms with van der Waals surface area (Å²) < 4.78 is 4.94. The van der Waals surface area contributed by atoms with E-state index >= 15 is 0 Å². The smallest absolute Gasteiger partial charge is 0.239 e. The fraction of sp³-hybridized carbons (Fsp3) is 0.278. The van der Waals surface area contributed by atoms with E-state index in [-0.39, 0.29) is 31.0 Å². The van der Waals surface area contributed by atoms with Gasteiger partial charge in [-0.1, -0.05) is 60.7 Å². The minimum atomic E-state index is -0.660. The van der Waals surface area contributed by atoms with E-state index in [1.807, 2.05) is 48.5 Å². The highest BCUT2D eigenvalue weighted by atomic mass is 35.5. The van der Waals surface area contributed by atoms with Gasteiger partial charge in [0.15, 0.2) is 0 Å². The van der Waals surface area contributed by atoms with Crippen LogP contribution in [0.5, 0.6) is 0 Å². The van der Waals surface area contributed by atoms with Gasteiger partial charge in [-0.15, -0.1) is 12.4 Å². The molecule has 23 heavy (non-hydrogen) atoms. The molecule has 0 fully saturated rings. The average molecular weight is 335 g/mol. The van der Waals surface area contributed by atoms with Crippen molar-refractivity contribution in [1.82, 2.24) is 5.32 Å². The van der Waals surface area contributed by atoms with E-state index in [1.54, 1.807) is 0 Å². The standard InChI is InChI=1S/C18H22N2O2.ClH/c1-22-13-16(19)18(21)20-17(15-10-6-3-7-11-15)12-14-8-4-2-5-9-14;/h2-11,16-17H,12-13,19H2,1H3,(H,20,21);1H. The molecule has 0 saturated carbocycles. The molecule has 0 saturated heterocycles. The molecule has 2 unspecified atom stereocenters. The first-order valence-electron chi connectivity index (χ1n) is 7.34. The molecule has 5 heteroatoms. The summed E-state index contributed by atoms with van der Waals surface area (Å²) in [6.07, 6.45) is 0.719. The number of hydrogen-bond acceptors (Lipinski definition) is 3. The molecule has 0 aliphatic rings. The van der Waals surface area contributed by atoms with Gasteiger partial charge < -0.3 is 15.8 Å². The first-order chi connectivity index (χ1) is 10.7. The van der Waals surface area contributed by atoms with Gasteiger partial charge in [0.05, 0.1) is 12.6 Å². The second-order valence-electron chi connectivity index (χ2n) is 5.22. The van der Waals surface area contributed by atoms with Crippen LogP contribution in [0, 0.1) is 0 Å². The average Bonchev–Trinajstić information content (AvgIpc) is 2.56. The van der Waals surface area contributed by atoms with Crippen molar-refractivity contribution in [3.05, 3.63) is 71.8 Å². The number of nitrogens with one attached hydrogen (secondary N) is 1. The van der Waals surface area contributed by atoms with E-state index in [4.69, 9.17) is 10.5 Å². The van der Waals surface area contributed by atoms with Crippen LogP contribution in [0.15, 0.2) is 60.7 Å². The lowest BCUT2D eigenvalue weighted by Gasteiger charge is -2.21. The summed E-state index contributed by atoms with van der Waals surface area (Å²) in [4.78, 5) is 12.2. The number of hydrogen-bond donors (Lipinski definition) is 2. The lowest BCUT2D eigenvalue weighted by molar-refractivity contribution is -0.124. The highest BCUT2D eigenvalue weighted by Crippen LogP contribution is 2.18. The van der Waals surface area contributed by atoms with Crippen LogP contribution in [0.2, 0.25) is 0 Å². The van der Waals surface area contributed by atoms with Crippen molar-refractivity contribution in [1.29, 1.82) is 0 Å². The lowest BCUT2D eigenvalue weighted by Crippen LogP contribution is -2.45. The minimum absolute atomic E-state index is 0. The highest BCUT2D eigenvalue weighted by molar-refractivity contribution is 5.85. The first kappa shape index (κ1) is 19.2. The number of carbonyl (C=O) groups excluding carboxylic acids is 1. The zero-order valence-corrected chi connectivity index (χ0v) is 14.0. The number of amides is 1. The zero-order valence-electron chi connectivity index (χ0n) is 13.1. The minimum Gasteiger partial charge on any atom is -0.383 e. The molecular weight excluding hydrogens is 312 g/mol. The van der Waals surface area contributed by atoms with Crippen LogP contribution in [0.3, 0.4) is 0 Å². The maximum absolute atomic E-state index is 12.2. The van der Waals surface area contributed by atoms with Gasteiger partial charge >= 0.3 is 0 Å². The van der Waals surface area contributed by atoms with Gasteiger partial charge in [-0.3, -0.25) is 4.79 Å². The quantitative estimate of drug-likeness (QED) is 0.817. The maximum Gasteiger partial charge on any atom is 0.239 e. The van der Waals surface area contributed by atoms with Crippen LogP contribution in [0.4, 0.5) is 0 Å². The van der Waals surface area contributed by atoms with Gasteiger partial charge in [0.25, 0.3) is 0 Å². The summed E-state index contributed by atoms with van der Waals surface area (Å²) in [5.41, 5.74) is 8.03. The molecule has 2 aromatic rings. The molecule has 2 aromatic carbocycles. The van der Waals surface area contributed by atoms with Crippen molar-refractivity contribution in [3.63, 3.8) is 0 Å². The van der Waals surface area contributed by atoms with Crippen LogP contribution in [-0.2, 0) is 16.0 Å². The predicted molar refractivity (Wildman–Crippen MR) is 94.6 cm³/mol. The van der Waals surface area contributed by atoms with Gasteiger partial charge in [0, 0.05) is 7.11 Å². The molecular formula is C18H23ClN2O2. The van der Waals surface area contributed by atoms with Crippen molar-refractivity contribution in [2.24, 2.45) is 5.73 Å². The Balaban J connectivity index is 0.00000264. The Morgan fingerprint density at radius 1 is 1.09 bits per heavy atom. The monoisotopic (exact) mass is 334 g/mol. The summed E-state index contributed by atoms with van der Waals surface area (Å²) in [6.45, 7) is 0.207. The second kappa shape index (κ2) is 10.0. The number of carbonyl (C=O) groups is 1. The van der Waals surface area contributed by atoms with Crippen LogP contribution < -0.4 is 11.1 Å². The molecule has 0 aliphatic carbocycles. The number of nitrogens with two attached hydrogens (primary N) is 1. The molecule has 0 spiro atoms. The largest absolute Gasteiger partial charge is 0.383 e. The Hall–Kier alpha value is -1.88. The van der Waals surface area contributed by atoms with E-state index in [0.29, 0.717) is 0 Å². The summed E-state index contributed by atoms with van der Waals surface area (Å²) in [5.74, 6) is -0.202. The third-order valence-corrected chi connectivity index (χ3v) is 3.48. The molecule has 0 radical (unpaired) electrons. The molecule has 2 atom stereocenters. The van der Waals surface area contributed by atoms with Crippen molar-refractivity contribution in [2.75, 3.05) is 13.7 Å². The Kier molecular flexibility index (Phi) is 8.33. The molecule has 4 nitrogen and oxygen atoms in total. The topological polar surface area (TPSA) is 64.3 Å². The van der Waals surface area contributed by atoms with Crippen LogP contribution >= 0.6 is 12.4 Å². The van der Waals surface area contributed by atoms with Gasteiger partial charge in [-0.05, 0) is 17.5 Å². The van der Waals surface area contributed by atoms with Gasteiger partial charge in [-0.2, -0.15) is 0 Å². The Morgan fingerprint density at radius 3 is 2.22 bits per heavy atom. The third-order valence-electron chi connectivity index (χ3n) is 3.48. The molecule has 0 aromatic heterocycles. The van der Waals surface area contributed by atoms with Crippen LogP contribution in [-0.4, -0.2) is 25.7 Å². The van der Waals surface area contributed by atoms with Gasteiger partial charge in [-0.25, -0.2) is 0 Å². The molecule has 3 N–H and O–H groups in total. The molecule has 0 bridgehead atoms. The lowest BCUT2D eigenvalue weighted by atomic mass is 9.98. The van der Waals surface area contributed by atoms with E-state index in [9.17, 15) is 4.79 Å². The number of rotatable bonds is 7. The van der Waals surface area contributed by atoms with Crippen LogP contribution in [0.25, 0.3) is 0 Å². The zero-order chi connectivity index (χ0) is 15.8. The Bertz CT molecular complexity index is 578. The number of halogens is 1. The molecule has 0 aliphatic heterocycles. The Labute approximate surface area is 143 Å². The molecule has 0 heterocycles. The molecule has 2 rings (SSSR count). The molecule has 124 valence electrons. The van der Waals surface area contributed by atoms with Crippen molar-refractivity contribution in [2.45, 2.75) is 18.5 Å². The van der Waals surface area contributed by atoms with Crippen molar-refractivity contribution in [3.8, 4) is 0 Å². The summed E-state index contributed by atoms with van der Waals surface area (Å²) in [5, 5.41) is 3.02. The van der Waals surface area contributed by atoms with Crippen molar-refractivity contribution < 1.29 is 9.53 Å². The molecule has 1 amide bonds. The fourth-order valence-corrected chi connectivity index (χ4v) is 2.32. The summed E-state index contributed by atoms with van der Waals surface area (Å²) in [6, 6.07) is 19.2. The first-order valence-corrected chi connectivity index (χ1v) is 7.34. The second-order valence-corrected chi connectivity index (χ2v) is 5.22. The van der Waals surface area contributed by atoms with E-state index in [1.165, 1.54) is 7.11 Å².